The van der Waals surface area contributed by atoms with E-state index in [1.807, 2.05) is 0 Å². The van der Waals surface area contributed by atoms with Crippen LogP contribution in [-0.2, 0) is 28.6 Å². The standard InChI is InChI=1S/C63H120O6/c1-4-7-10-13-16-19-22-24-25-26-27-28-29-30-31-32-33-34-35-36-37-38-39-42-44-47-50-53-56-62(65)68-59-60(58-67-61(64)55-52-49-46-43-40-21-18-15-12-9-6-3)69-63(66)57-54-51-48-45-41-23-20-17-14-11-8-5-2/h15,18,60H,4-14,16-17,19-59H2,1-3H3/b18-15-. The smallest absolute Gasteiger partial charge is 0.306 e. The molecule has 0 fully saturated rings. The molecule has 0 radical (unpaired) electrons. The first-order chi connectivity index (χ1) is 34.0. The number of carbonyl (C=O) groups is 3. The number of carbonyl (C=O) groups excluding carboxylic acids is 3. The lowest BCUT2D eigenvalue weighted by Crippen LogP contribution is -2.30. The SMILES string of the molecule is CCCC/C=C\CCCCCCCC(=O)OCC(COC(=O)CCCCCCCCCCCCCCCCCCCCCCCCCCCCCC)OC(=O)CCCCCCCCCCCCCC. The van der Waals surface area contributed by atoms with Gasteiger partial charge in [-0.1, -0.05) is 309 Å². The lowest BCUT2D eigenvalue weighted by molar-refractivity contribution is -0.167. The number of rotatable bonds is 58. The Morgan fingerprint density at radius 1 is 0.275 bits per heavy atom. The monoisotopic (exact) mass is 973 g/mol. The van der Waals surface area contributed by atoms with E-state index in [2.05, 4.69) is 32.9 Å². The van der Waals surface area contributed by atoms with Gasteiger partial charge in [0.25, 0.3) is 0 Å². The molecular formula is C63H120O6. The van der Waals surface area contributed by atoms with Crippen molar-refractivity contribution in [3.05, 3.63) is 12.2 Å². The second-order valence-corrected chi connectivity index (χ2v) is 21.3. The molecule has 0 saturated heterocycles. The van der Waals surface area contributed by atoms with Crippen LogP contribution in [0.1, 0.15) is 355 Å². The van der Waals surface area contributed by atoms with E-state index < -0.39 is 6.10 Å². The molecule has 0 aromatic rings. The van der Waals surface area contributed by atoms with Crippen molar-refractivity contribution < 1.29 is 28.6 Å². The van der Waals surface area contributed by atoms with Crippen LogP contribution in [0.15, 0.2) is 12.2 Å². The van der Waals surface area contributed by atoms with Crippen molar-refractivity contribution >= 4 is 17.9 Å². The maximum Gasteiger partial charge on any atom is 0.306 e. The summed E-state index contributed by atoms with van der Waals surface area (Å²) in [5.74, 6) is -0.854. The average Bonchev–Trinajstić information content (AvgIpc) is 3.35. The first-order valence-electron chi connectivity index (χ1n) is 31.2. The molecule has 1 unspecified atom stereocenters. The Kier molecular flexibility index (Phi) is 57.1. The summed E-state index contributed by atoms with van der Waals surface area (Å²) in [6.45, 7) is 6.65. The van der Waals surface area contributed by atoms with Gasteiger partial charge >= 0.3 is 17.9 Å². The molecule has 0 bridgehead atoms. The fourth-order valence-corrected chi connectivity index (χ4v) is 9.55. The van der Waals surface area contributed by atoms with E-state index in [1.54, 1.807) is 0 Å². The van der Waals surface area contributed by atoms with Gasteiger partial charge < -0.3 is 14.2 Å². The molecule has 0 aliphatic heterocycles. The number of hydrogen-bond acceptors (Lipinski definition) is 6. The third kappa shape index (κ3) is 56.9. The van der Waals surface area contributed by atoms with Crippen LogP contribution in [-0.4, -0.2) is 37.2 Å². The van der Waals surface area contributed by atoms with E-state index >= 15 is 0 Å². The first-order valence-corrected chi connectivity index (χ1v) is 31.2. The van der Waals surface area contributed by atoms with Crippen molar-refractivity contribution in [3.63, 3.8) is 0 Å². The minimum Gasteiger partial charge on any atom is -0.462 e. The molecule has 69 heavy (non-hydrogen) atoms. The second kappa shape index (κ2) is 58.7. The summed E-state index contributed by atoms with van der Waals surface area (Å²) < 4.78 is 16.9. The molecule has 6 heteroatoms. The molecule has 6 nitrogen and oxygen atoms in total. The van der Waals surface area contributed by atoms with E-state index in [0.29, 0.717) is 19.3 Å². The Bertz CT molecular complexity index is 1070. The summed E-state index contributed by atoms with van der Waals surface area (Å²) in [6, 6.07) is 0. The van der Waals surface area contributed by atoms with Gasteiger partial charge in [0.05, 0.1) is 0 Å². The van der Waals surface area contributed by atoms with Crippen molar-refractivity contribution in [1.82, 2.24) is 0 Å². The minimum atomic E-state index is -0.767. The Balaban J connectivity index is 4.06. The maximum absolute atomic E-state index is 12.8. The highest BCUT2D eigenvalue weighted by atomic mass is 16.6. The summed E-state index contributed by atoms with van der Waals surface area (Å²) in [5.41, 5.74) is 0. The molecule has 1 atom stereocenters. The van der Waals surface area contributed by atoms with Gasteiger partial charge in [-0.25, -0.2) is 0 Å². The van der Waals surface area contributed by atoms with Crippen LogP contribution in [0.2, 0.25) is 0 Å². The van der Waals surface area contributed by atoms with Gasteiger partial charge in [0.1, 0.15) is 13.2 Å². The number of allylic oxidation sites excluding steroid dienone is 2. The summed E-state index contributed by atoms with van der Waals surface area (Å²) in [4.78, 5) is 38.1. The second-order valence-electron chi connectivity index (χ2n) is 21.3. The summed E-state index contributed by atoms with van der Waals surface area (Å²) in [7, 11) is 0. The van der Waals surface area contributed by atoms with Gasteiger partial charge in [0.15, 0.2) is 6.10 Å². The molecule has 0 amide bonds. The van der Waals surface area contributed by atoms with Crippen LogP contribution in [0.4, 0.5) is 0 Å². The Morgan fingerprint density at radius 3 is 0.768 bits per heavy atom. The highest BCUT2D eigenvalue weighted by Gasteiger charge is 2.19. The summed E-state index contributed by atoms with van der Waals surface area (Å²) in [6.07, 6.45) is 68.1. The molecule has 0 rings (SSSR count). The Morgan fingerprint density at radius 2 is 0.493 bits per heavy atom. The molecule has 0 aromatic heterocycles. The summed E-state index contributed by atoms with van der Waals surface area (Å²) in [5, 5.41) is 0. The average molecular weight is 974 g/mol. The Labute approximate surface area is 431 Å². The number of hydrogen-bond donors (Lipinski definition) is 0. The lowest BCUT2D eigenvalue weighted by Gasteiger charge is -2.18. The maximum atomic E-state index is 12.8. The van der Waals surface area contributed by atoms with Gasteiger partial charge in [-0.2, -0.15) is 0 Å². The van der Waals surface area contributed by atoms with Crippen LogP contribution in [0, 0.1) is 0 Å². The van der Waals surface area contributed by atoms with E-state index in [0.717, 1.165) is 64.2 Å². The number of ether oxygens (including phenoxy) is 3. The zero-order chi connectivity index (χ0) is 50.0. The van der Waals surface area contributed by atoms with E-state index in [-0.39, 0.29) is 31.1 Å². The quantitative estimate of drug-likeness (QED) is 0.0261. The topological polar surface area (TPSA) is 78.9 Å². The predicted octanol–water partition coefficient (Wildman–Crippen LogP) is 20.9. The predicted molar refractivity (Wildman–Crippen MR) is 298 cm³/mol. The molecule has 0 aliphatic carbocycles. The van der Waals surface area contributed by atoms with E-state index in [4.69, 9.17) is 14.2 Å². The zero-order valence-corrected chi connectivity index (χ0v) is 46.9. The normalized spacial score (nSPS) is 12.0. The zero-order valence-electron chi connectivity index (χ0n) is 46.9. The van der Waals surface area contributed by atoms with Gasteiger partial charge in [-0.15, -0.1) is 0 Å². The minimum absolute atomic E-state index is 0.0667. The first kappa shape index (κ1) is 67.1. The highest BCUT2D eigenvalue weighted by Crippen LogP contribution is 2.18. The van der Waals surface area contributed by atoms with Gasteiger partial charge in [-0.05, 0) is 38.5 Å². The van der Waals surface area contributed by atoms with E-state index in [9.17, 15) is 14.4 Å². The fourth-order valence-electron chi connectivity index (χ4n) is 9.55. The molecular weight excluding hydrogens is 853 g/mol. The van der Waals surface area contributed by atoms with Crippen LogP contribution in [0.25, 0.3) is 0 Å². The van der Waals surface area contributed by atoms with E-state index in [1.165, 1.54) is 250 Å². The van der Waals surface area contributed by atoms with Crippen LogP contribution in [0.5, 0.6) is 0 Å². The van der Waals surface area contributed by atoms with Crippen molar-refractivity contribution in [2.75, 3.05) is 13.2 Å². The third-order valence-corrected chi connectivity index (χ3v) is 14.3. The van der Waals surface area contributed by atoms with Crippen molar-refractivity contribution in [2.45, 2.75) is 361 Å². The van der Waals surface area contributed by atoms with Gasteiger partial charge in [-0.3, -0.25) is 14.4 Å². The summed E-state index contributed by atoms with van der Waals surface area (Å²) >= 11 is 0. The van der Waals surface area contributed by atoms with Crippen molar-refractivity contribution in [2.24, 2.45) is 0 Å². The molecule has 0 heterocycles. The van der Waals surface area contributed by atoms with Crippen molar-refractivity contribution in [1.29, 1.82) is 0 Å². The molecule has 408 valence electrons. The van der Waals surface area contributed by atoms with Gasteiger partial charge in [0.2, 0.25) is 0 Å². The number of unbranched alkanes of at least 4 members (excludes halogenated alkanes) is 45. The van der Waals surface area contributed by atoms with Crippen LogP contribution < -0.4 is 0 Å². The molecule has 0 saturated carbocycles. The fraction of sp³-hybridized carbons (Fsp3) is 0.921. The largest absolute Gasteiger partial charge is 0.462 e. The molecule has 0 aliphatic rings. The van der Waals surface area contributed by atoms with Gasteiger partial charge in [0, 0.05) is 19.3 Å². The van der Waals surface area contributed by atoms with Crippen LogP contribution in [0.3, 0.4) is 0 Å². The highest BCUT2D eigenvalue weighted by molar-refractivity contribution is 5.71. The molecule has 0 spiro atoms. The third-order valence-electron chi connectivity index (χ3n) is 14.3. The molecule has 0 N–H and O–H groups in total. The Hall–Kier alpha value is -1.85. The number of esters is 3. The molecule has 0 aromatic carbocycles. The van der Waals surface area contributed by atoms with Crippen molar-refractivity contribution in [3.8, 4) is 0 Å². The lowest BCUT2D eigenvalue weighted by atomic mass is 10.0. The van der Waals surface area contributed by atoms with Crippen LogP contribution >= 0.6 is 0 Å².